The Morgan fingerprint density at radius 2 is 1.76 bits per heavy atom. The summed E-state index contributed by atoms with van der Waals surface area (Å²) < 4.78 is 12.0. The number of carbonyl (C=O) groups excluding carboxylic acids is 2. The third-order valence-corrected chi connectivity index (χ3v) is 8.15. The number of amides is 2. The topological polar surface area (TPSA) is 71.1 Å². The molecule has 4 rings (SSSR count). The first-order valence-electron chi connectivity index (χ1n) is 13.5. The number of halogens is 1. The van der Waals surface area contributed by atoms with Gasteiger partial charge in [0.1, 0.15) is 11.4 Å². The fourth-order valence-electron chi connectivity index (χ4n) is 5.46. The molecule has 8 heteroatoms. The number of hydrogen-bond acceptors (Lipinski definition) is 5. The third kappa shape index (κ3) is 7.29. The number of hydrogen-bond donors (Lipinski definition) is 1. The number of piperidine rings is 1. The van der Waals surface area contributed by atoms with Crippen LogP contribution in [-0.4, -0.2) is 60.7 Å². The highest BCUT2D eigenvalue weighted by Gasteiger charge is 2.47. The molecule has 2 saturated heterocycles. The van der Waals surface area contributed by atoms with Crippen LogP contribution >= 0.6 is 15.9 Å². The number of rotatable bonds is 8. The molecule has 1 unspecified atom stereocenters. The van der Waals surface area contributed by atoms with Crippen molar-refractivity contribution in [3.8, 4) is 5.75 Å². The Balaban J connectivity index is 1.34. The molecule has 7 nitrogen and oxygen atoms in total. The first-order chi connectivity index (χ1) is 18.1. The molecule has 2 aromatic rings. The second-order valence-electron chi connectivity index (χ2n) is 11.5. The van der Waals surface area contributed by atoms with Crippen molar-refractivity contribution in [2.45, 2.75) is 64.6 Å². The minimum atomic E-state index is -0.566. The van der Waals surface area contributed by atoms with E-state index in [9.17, 15) is 9.59 Å². The number of nitrogens with zero attached hydrogens (tertiary/aromatic N) is 2. The molecular weight excluding hydrogens is 546 g/mol. The molecule has 2 amide bonds. The standard InChI is InChI=1S/C30H40BrN3O4/c1-29(2,3)38-28(36)32-26(23-6-5-7-25(20-23)37-4)12-16-33-17-13-30(14-18-33)15-19-34(27(30)35)21-22-8-10-24(31)11-9-22/h5-11,20,26H,12-19,21H2,1-4H3,(H,32,36). The van der Waals surface area contributed by atoms with E-state index in [-0.39, 0.29) is 11.5 Å². The molecule has 2 aliphatic heterocycles. The van der Waals surface area contributed by atoms with Gasteiger partial charge in [0.05, 0.1) is 18.6 Å². The number of likely N-dealkylation sites (tertiary alicyclic amines) is 2. The van der Waals surface area contributed by atoms with Crippen LogP contribution in [0.2, 0.25) is 0 Å². The lowest BCUT2D eigenvalue weighted by atomic mass is 9.77. The van der Waals surface area contributed by atoms with Gasteiger partial charge in [-0.2, -0.15) is 0 Å². The van der Waals surface area contributed by atoms with E-state index in [0.29, 0.717) is 12.5 Å². The van der Waals surface area contributed by atoms with Gasteiger partial charge in [0, 0.05) is 24.1 Å². The minimum Gasteiger partial charge on any atom is -0.497 e. The highest BCUT2D eigenvalue weighted by Crippen LogP contribution is 2.42. The molecule has 0 radical (unpaired) electrons. The Bertz CT molecular complexity index is 1110. The van der Waals surface area contributed by atoms with E-state index in [1.807, 2.05) is 62.1 Å². The number of nitrogens with one attached hydrogen (secondary N) is 1. The van der Waals surface area contributed by atoms with Crippen molar-refractivity contribution in [1.82, 2.24) is 15.1 Å². The number of alkyl carbamates (subject to hydrolysis) is 1. The van der Waals surface area contributed by atoms with Gasteiger partial charge in [0.25, 0.3) is 0 Å². The van der Waals surface area contributed by atoms with Gasteiger partial charge in [-0.25, -0.2) is 4.79 Å². The van der Waals surface area contributed by atoms with Gasteiger partial charge in [-0.1, -0.05) is 40.2 Å². The van der Waals surface area contributed by atoms with E-state index in [0.717, 1.165) is 73.2 Å². The van der Waals surface area contributed by atoms with Crippen LogP contribution in [-0.2, 0) is 16.1 Å². The van der Waals surface area contributed by atoms with Crippen molar-refractivity contribution >= 4 is 27.9 Å². The Hall–Kier alpha value is -2.58. The number of ether oxygens (including phenoxy) is 2. The molecule has 0 aromatic heterocycles. The van der Waals surface area contributed by atoms with Gasteiger partial charge in [-0.15, -0.1) is 0 Å². The molecule has 206 valence electrons. The van der Waals surface area contributed by atoms with E-state index >= 15 is 0 Å². The van der Waals surface area contributed by atoms with Crippen LogP contribution in [0, 0.1) is 5.41 Å². The summed E-state index contributed by atoms with van der Waals surface area (Å²) in [7, 11) is 1.64. The zero-order valence-electron chi connectivity index (χ0n) is 23.0. The Morgan fingerprint density at radius 3 is 2.42 bits per heavy atom. The summed E-state index contributed by atoms with van der Waals surface area (Å²) in [5, 5.41) is 3.06. The van der Waals surface area contributed by atoms with Crippen LogP contribution in [0.1, 0.15) is 63.6 Å². The summed E-state index contributed by atoms with van der Waals surface area (Å²) in [5.41, 5.74) is 1.35. The second kappa shape index (κ2) is 12.1. The maximum absolute atomic E-state index is 13.4. The molecule has 2 heterocycles. The Labute approximate surface area is 235 Å². The smallest absolute Gasteiger partial charge is 0.408 e. The van der Waals surface area contributed by atoms with Crippen LogP contribution in [0.15, 0.2) is 53.0 Å². The van der Waals surface area contributed by atoms with E-state index in [2.05, 4.69) is 38.3 Å². The van der Waals surface area contributed by atoms with Gasteiger partial charge < -0.3 is 24.6 Å². The predicted molar refractivity (Wildman–Crippen MR) is 152 cm³/mol. The molecule has 38 heavy (non-hydrogen) atoms. The summed E-state index contributed by atoms with van der Waals surface area (Å²) in [4.78, 5) is 30.5. The summed E-state index contributed by atoms with van der Waals surface area (Å²) in [6.45, 7) is 9.68. The lowest BCUT2D eigenvalue weighted by molar-refractivity contribution is -0.138. The second-order valence-corrected chi connectivity index (χ2v) is 12.4. The Morgan fingerprint density at radius 1 is 1.08 bits per heavy atom. The molecular formula is C30H40BrN3O4. The van der Waals surface area contributed by atoms with Gasteiger partial charge >= 0.3 is 6.09 Å². The summed E-state index contributed by atoms with van der Waals surface area (Å²) in [6, 6.07) is 15.8. The molecule has 2 fully saturated rings. The molecule has 0 aliphatic carbocycles. The molecule has 1 atom stereocenters. The van der Waals surface area contributed by atoms with Crippen molar-refractivity contribution in [3.63, 3.8) is 0 Å². The lowest BCUT2D eigenvalue weighted by Gasteiger charge is -2.38. The molecule has 1 N–H and O–H groups in total. The van der Waals surface area contributed by atoms with Crippen molar-refractivity contribution in [3.05, 3.63) is 64.1 Å². The normalized spacial score (nSPS) is 18.4. The van der Waals surface area contributed by atoms with E-state index < -0.39 is 11.7 Å². The number of carbonyl (C=O) groups is 2. The van der Waals surface area contributed by atoms with Crippen molar-refractivity contribution in [1.29, 1.82) is 0 Å². The largest absolute Gasteiger partial charge is 0.497 e. The van der Waals surface area contributed by atoms with Gasteiger partial charge in [0.15, 0.2) is 0 Å². The van der Waals surface area contributed by atoms with Crippen LogP contribution in [0.4, 0.5) is 4.79 Å². The fraction of sp³-hybridized carbons (Fsp3) is 0.533. The predicted octanol–water partition coefficient (Wildman–Crippen LogP) is 5.93. The average Bonchev–Trinajstić information content (AvgIpc) is 3.17. The number of benzene rings is 2. The monoisotopic (exact) mass is 585 g/mol. The quantitative estimate of drug-likeness (QED) is 0.416. The van der Waals surface area contributed by atoms with Crippen molar-refractivity contribution in [2.24, 2.45) is 5.41 Å². The van der Waals surface area contributed by atoms with Crippen LogP contribution < -0.4 is 10.1 Å². The van der Waals surface area contributed by atoms with E-state index in [4.69, 9.17) is 9.47 Å². The van der Waals surface area contributed by atoms with Crippen LogP contribution in [0.5, 0.6) is 5.75 Å². The van der Waals surface area contributed by atoms with Crippen molar-refractivity contribution < 1.29 is 19.1 Å². The molecule has 1 spiro atoms. The zero-order valence-corrected chi connectivity index (χ0v) is 24.6. The average molecular weight is 587 g/mol. The van der Waals surface area contributed by atoms with Gasteiger partial charge in [-0.05, 0) is 94.9 Å². The molecule has 2 aromatic carbocycles. The maximum atomic E-state index is 13.4. The Kier molecular flexibility index (Phi) is 9.04. The van der Waals surface area contributed by atoms with Crippen LogP contribution in [0.3, 0.4) is 0 Å². The van der Waals surface area contributed by atoms with Gasteiger partial charge in [0.2, 0.25) is 5.91 Å². The fourth-order valence-corrected chi connectivity index (χ4v) is 5.73. The van der Waals surface area contributed by atoms with E-state index in [1.54, 1.807) is 7.11 Å². The number of methoxy groups -OCH3 is 1. The summed E-state index contributed by atoms with van der Waals surface area (Å²) >= 11 is 3.48. The zero-order chi connectivity index (χ0) is 27.3. The summed E-state index contributed by atoms with van der Waals surface area (Å²) in [5.74, 6) is 1.06. The highest BCUT2D eigenvalue weighted by molar-refractivity contribution is 9.10. The first kappa shape index (κ1) is 28.4. The molecule has 0 saturated carbocycles. The summed E-state index contributed by atoms with van der Waals surface area (Å²) in [6.07, 6.45) is 3.01. The molecule has 0 bridgehead atoms. The van der Waals surface area contributed by atoms with Crippen molar-refractivity contribution in [2.75, 3.05) is 33.3 Å². The molecule has 2 aliphatic rings. The SMILES string of the molecule is COc1cccc(C(CCN2CCC3(CC2)CCN(Cc2ccc(Br)cc2)C3=O)NC(=O)OC(C)(C)C)c1. The van der Waals surface area contributed by atoms with Gasteiger partial charge in [-0.3, -0.25) is 4.79 Å². The maximum Gasteiger partial charge on any atom is 0.408 e. The van der Waals surface area contributed by atoms with Crippen LogP contribution in [0.25, 0.3) is 0 Å². The first-order valence-corrected chi connectivity index (χ1v) is 14.3. The highest BCUT2D eigenvalue weighted by atomic mass is 79.9. The lowest BCUT2D eigenvalue weighted by Crippen LogP contribution is -2.45. The third-order valence-electron chi connectivity index (χ3n) is 7.62. The minimum absolute atomic E-state index is 0.203. The van der Waals surface area contributed by atoms with E-state index in [1.165, 1.54) is 0 Å².